The van der Waals surface area contributed by atoms with E-state index in [1.807, 2.05) is 37.3 Å². The minimum absolute atomic E-state index is 0.202. The summed E-state index contributed by atoms with van der Waals surface area (Å²) in [5, 5.41) is 5.53. The molecule has 3 heteroatoms. The van der Waals surface area contributed by atoms with Gasteiger partial charge in [0.1, 0.15) is 6.04 Å². The van der Waals surface area contributed by atoms with E-state index >= 15 is 0 Å². The molecule has 3 nitrogen and oxygen atoms in total. The molecular formula is C17H21NO2. The van der Waals surface area contributed by atoms with Gasteiger partial charge in [0.2, 0.25) is 0 Å². The zero-order valence-corrected chi connectivity index (χ0v) is 12.1. The summed E-state index contributed by atoms with van der Waals surface area (Å²) in [6, 6.07) is 13.9. The Hall–Kier alpha value is -2.03. The minimum Gasteiger partial charge on any atom is -0.464 e. The van der Waals surface area contributed by atoms with Gasteiger partial charge in [-0.3, -0.25) is 0 Å². The summed E-state index contributed by atoms with van der Waals surface area (Å²) in [4.78, 5) is 11.8. The second-order valence-corrected chi connectivity index (χ2v) is 4.95. The number of carbonyl (C=O) groups is 1. The number of carbonyl (C=O) groups excluding carboxylic acids is 1. The molecule has 2 rings (SSSR count). The highest BCUT2D eigenvalue weighted by molar-refractivity contribution is 5.87. The van der Waals surface area contributed by atoms with Gasteiger partial charge in [-0.05, 0) is 36.2 Å². The van der Waals surface area contributed by atoms with E-state index in [-0.39, 0.29) is 12.0 Å². The molecule has 0 radical (unpaired) electrons. The monoisotopic (exact) mass is 271 g/mol. The first-order valence-corrected chi connectivity index (χ1v) is 7.12. The molecule has 0 aliphatic heterocycles. The van der Waals surface area contributed by atoms with E-state index in [4.69, 9.17) is 4.74 Å². The highest BCUT2D eigenvalue weighted by atomic mass is 16.5. The quantitative estimate of drug-likeness (QED) is 0.638. The maximum Gasteiger partial charge on any atom is 0.328 e. The Labute approximate surface area is 119 Å². The van der Waals surface area contributed by atoms with Crippen LogP contribution < -0.4 is 5.32 Å². The van der Waals surface area contributed by atoms with Gasteiger partial charge in [-0.15, -0.1) is 0 Å². The van der Waals surface area contributed by atoms with Gasteiger partial charge in [0.15, 0.2) is 0 Å². The summed E-state index contributed by atoms with van der Waals surface area (Å²) < 4.78 is 5.20. The Morgan fingerprint density at radius 3 is 2.70 bits per heavy atom. The van der Waals surface area contributed by atoms with Crippen LogP contribution in [0.1, 0.15) is 26.7 Å². The van der Waals surface area contributed by atoms with Crippen molar-refractivity contribution < 1.29 is 9.53 Å². The van der Waals surface area contributed by atoms with Crippen molar-refractivity contribution in [3.63, 3.8) is 0 Å². The molecule has 0 bridgehead atoms. The molecule has 0 saturated heterocycles. The first kappa shape index (κ1) is 14.4. The molecule has 0 aliphatic carbocycles. The smallest absolute Gasteiger partial charge is 0.328 e. The van der Waals surface area contributed by atoms with Crippen molar-refractivity contribution in [3.8, 4) is 0 Å². The molecule has 0 fully saturated rings. The summed E-state index contributed by atoms with van der Waals surface area (Å²) in [6.45, 7) is 4.40. The molecule has 2 aromatic carbocycles. The number of esters is 1. The van der Waals surface area contributed by atoms with Crippen LogP contribution in [0, 0.1) is 0 Å². The molecule has 2 aromatic rings. The number of hydrogen-bond donors (Lipinski definition) is 1. The van der Waals surface area contributed by atoms with Gasteiger partial charge in [-0.25, -0.2) is 4.79 Å². The number of anilines is 1. The standard InChI is InChI=1S/C17H21NO2/c1-3-4-11-20-17(19)13(2)18-16-10-9-14-7-5-6-8-15(14)12-16/h5-10,12-13,18H,3-4,11H2,1-2H3/t13-/m0/s1. The van der Waals surface area contributed by atoms with Crippen LogP contribution in [0.4, 0.5) is 5.69 Å². The maximum atomic E-state index is 11.8. The van der Waals surface area contributed by atoms with Crippen LogP contribution in [0.5, 0.6) is 0 Å². The Morgan fingerprint density at radius 1 is 1.20 bits per heavy atom. The largest absolute Gasteiger partial charge is 0.464 e. The van der Waals surface area contributed by atoms with Gasteiger partial charge >= 0.3 is 5.97 Å². The third-order valence-electron chi connectivity index (χ3n) is 3.23. The van der Waals surface area contributed by atoms with Crippen molar-refractivity contribution in [1.29, 1.82) is 0 Å². The molecule has 1 atom stereocenters. The average molecular weight is 271 g/mol. The number of nitrogens with one attached hydrogen (secondary N) is 1. The lowest BCUT2D eigenvalue weighted by Crippen LogP contribution is -2.28. The first-order valence-electron chi connectivity index (χ1n) is 7.12. The Bertz CT molecular complexity index is 580. The molecule has 0 spiro atoms. The molecule has 0 unspecified atom stereocenters. The highest BCUT2D eigenvalue weighted by Gasteiger charge is 2.13. The van der Waals surface area contributed by atoms with Gasteiger partial charge in [0.25, 0.3) is 0 Å². The highest BCUT2D eigenvalue weighted by Crippen LogP contribution is 2.19. The number of ether oxygens (including phenoxy) is 1. The normalized spacial score (nSPS) is 12.1. The third kappa shape index (κ3) is 3.73. The molecule has 106 valence electrons. The molecule has 0 saturated carbocycles. The van der Waals surface area contributed by atoms with E-state index in [0.29, 0.717) is 6.61 Å². The lowest BCUT2D eigenvalue weighted by Gasteiger charge is -2.15. The van der Waals surface area contributed by atoms with E-state index in [9.17, 15) is 4.79 Å². The van der Waals surface area contributed by atoms with E-state index in [1.165, 1.54) is 5.39 Å². The summed E-state index contributed by atoms with van der Waals surface area (Å²) >= 11 is 0. The molecule has 20 heavy (non-hydrogen) atoms. The van der Waals surface area contributed by atoms with E-state index in [1.54, 1.807) is 0 Å². The topological polar surface area (TPSA) is 38.3 Å². The number of unbranched alkanes of at least 4 members (excludes halogenated alkanes) is 1. The lowest BCUT2D eigenvalue weighted by molar-refractivity contribution is -0.144. The second kappa shape index (κ2) is 6.94. The molecule has 0 aromatic heterocycles. The van der Waals surface area contributed by atoms with Crippen molar-refractivity contribution in [3.05, 3.63) is 42.5 Å². The predicted molar refractivity (Wildman–Crippen MR) is 82.9 cm³/mol. The Kier molecular flexibility index (Phi) is 4.99. The number of rotatable bonds is 6. The fourth-order valence-electron chi connectivity index (χ4n) is 2.03. The fourth-order valence-corrected chi connectivity index (χ4v) is 2.03. The average Bonchev–Trinajstić information content (AvgIpc) is 2.47. The third-order valence-corrected chi connectivity index (χ3v) is 3.23. The Morgan fingerprint density at radius 2 is 1.95 bits per heavy atom. The molecule has 1 N–H and O–H groups in total. The van der Waals surface area contributed by atoms with Gasteiger partial charge in [0.05, 0.1) is 6.61 Å². The maximum absolute atomic E-state index is 11.8. The zero-order valence-electron chi connectivity index (χ0n) is 12.1. The van der Waals surface area contributed by atoms with Crippen LogP contribution in [0.25, 0.3) is 10.8 Å². The van der Waals surface area contributed by atoms with Gasteiger partial charge in [0, 0.05) is 5.69 Å². The van der Waals surface area contributed by atoms with Gasteiger partial charge in [-0.1, -0.05) is 43.7 Å². The number of fused-ring (bicyclic) bond motifs is 1. The summed E-state index contributed by atoms with van der Waals surface area (Å²) in [5.74, 6) is -0.202. The van der Waals surface area contributed by atoms with E-state index in [2.05, 4.69) is 24.4 Å². The second-order valence-electron chi connectivity index (χ2n) is 4.95. The predicted octanol–water partition coefficient (Wildman–Crippen LogP) is 3.98. The Balaban J connectivity index is 1.98. The van der Waals surface area contributed by atoms with Crippen LogP contribution >= 0.6 is 0 Å². The van der Waals surface area contributed by atoms with Crippen LogP contribution in [-0.2, 0) is 9.53 Å². The van der Waals surface area contributed by atoms with E-state index in [0.717, 1.165) is 23.9 Å². The van der Waals surface area contributed by atoms with Crippen LogP contribution in [0.15, 0.2) is 42.5 Å². The first-order chi connectivity index (χ1) is 9.70. The van der Waals surface area contributed by atoms with Crippen molar-refractivity contribution in [2.45, 2.75) is 32.7 Å². The van der Waals surface area contributed by atoms with Crippen molar-refractivity contribution in [2.75, 3.05) is 11.9 Å². The van der Waals surface area contributed by atoms with Crippen molar-refractivity contribution >= 4 is 22.4 Å². The molecule has 0 aliphatic rings. The molecular weight excluding hydrogens is 250 g/mol. The van der Waals surface area contributed by atoms with Crippen LogP contribution in [0.3, 0.4) is 0 Å². The van der Waals surface area contributed by atoms with Gasteiger partial charge < -0.3 is 10.1 Å². The SMILES string of the molecule is CCCCOC(=O)[C@H](C)Nc1ccc2ccccc2c1. The fraction of sp³-hybridized carbons (Fsp3) is 0.353. The molecule has 0 amide bonds. The van der Waals surface area contributed by atoms with E-state index < -0.39 is 0 Å². The molecule has 0 heterocycles. The summed E-state index contributed by atoms with van der Waals surface area (Å²) in [5.41, 5.74) is 0.934. The van der Waals surface area contributed by atoms with Crippen molar-refractivity contribution in [2.24, 2.45) is 0 Å². The van der Waals surface area contributed by atoms with Crippen LogP contribution in [-0.4, -0.2) is 18.6 Å². The van der Waals surface area contributed by atoms with Crippen LogP contribution in [0.2, 0.25) is 0 Å². The number of hydrogen-bond acceptors (Lipinski definition) is 3. The van der Waals surface area contributed by atoms with Crippen molar-refractivity contribution in [1.82, 2.24) is 0 Å². The summed E-state index contributed by atoms with van der Waals surface area (Å²) in [6.07, 6.45) is 1.94. The summed E-state index contributed by atoms with van der Waals surface area (Å²) in [7, 11) is 0. The lowest BCUT2D eigenvalue weighted by atomic mass is 10.1. The number of benzene rings is 2. The zero-order chi connectivity index (χ0) is 14.4. The minimum atomic E-state index is -0.340. The van der Waals surface area contributed by atoms with Gasteiger partial charge in [-0.2, -0.15) is 0 Å².